The lowest BCUT2D eigenvalue weighted by molar-refractivity contribution is -0.124. The minimum absolute atomic E-state index is 0.0251. The van der Waals surface area contributed by atoms with E-state index < -0.39 is 0 Å². The first-order chi connectivity index (χ1) is 13.1. The van der Waals surface area contributed by atoms with Crippen LogP contribution in [0.2, 0.25) is 0 Å². The summed E-state index contributed by atoms with van der Waals surface area (Å²) in [7, 11) is 0. The first-order valence-electron chi connectivity index (χ1n) is 9.24. The molecule has 2 heterocycles. The Labute approximate surface area is 159 Å². The van der Waals surface area contributed by atoms with Gasteiger partial charge in [-0.1, -0.05) is 18.2 Å². The van der Waals surface area contributed by atoms with Crippen LogP contribution in [0.3, 0.4) is 0 Å². The molecule has 0 bridgehead atoms. The lowest BCUT2D eigenvalue weighted by atomic mass is 10.0. The molecule has 0 unspecified atom stereocenters. The van der Waals surface area contributed by atoms with Crippen molar-refractivity contribution in [2.24, 2.45) is 0 Å². The molecule has 1 N–H and O–H groups in total. The Morgan fingerprint density at radius 3 is 2.74 bits per heavy atom. The predicted molar refractivity (Wildman–Crippen MR) is 103 cm³/mol. The van der Waals surface area contributed by atoms with Crippen molar-refractivity contribution in [2.75, 3.05) is 19.7 Å². The van der Waals surface area contributed by atoms with Crippen LogP contribution < -0.4 is 10.1 Å². The number of aromatic nitrogens is 1. The van der Waals surface area contributed by atoms with E-state index in [-0.39, 0.29) is 24.3 Å². The van der Waals surface area contributed by atoms with Crippen molar-refractivity contribution < 1.29 is 14.3 Å². The predicted octanol–water partition coefficient (Wildman–Crippen LogP) is 2.44. The van der Waals surface area contributed by atoms with Crippen molar-refractivity contribution in [2.45, 2.75) is 32.4 Å². The van der Waals surface area contributed by atoms with Gasteiger partial charge in [0.2, 0.25) is 0 Å². The van der Waals surface area contributed by atoms with Gasteiger partial charge in [0.25, 0.3) is 5.91 Å². The van der Waals surface area contributed by atoms with E-state index in [0.717, 1.165) is 32.5 Å². The van der Waals surface area contributed by atoms with Gasteiger partial charge >= 0.3 is 0 Å². The number of amides is 1. The van der Waals surface area contributed by atoms with E-state index in [4.69, 9.17) is 4.74 Å². The summed E-state index contributed by atoms with van der Waals surface area (Å²) < 4.78 is 5.52. The van der Waals surface area contributed by atoms with Crippen LogP contribution >= 0.6 is 0 Å². The van der Waals surface area contributed by atoms with Gasteiger partial charge in [0.1, 0.15) is 5.75 Å². The molecular formula is C21H25N3O3. The highest BCUT2D eigenvalue weighted by Gasteiger charge is 2.21. The summed E-state index contributed by atoms with van der Waals surface area (Å²) in [4.78, 5) is 30.1. The van der Waals surface area contributed by atoms with Gasteiger partial charge in [-0.25, -0.2) is 0 Å². The lowest BCUT2D eigenvalue weighted by Crippen LogP contribution is -2.45. The number of benzene rings is 1. The fourth-order valence-electron chi connectivity index (χ4n) is 3.21. The van der Waals surface area contributed by atoms with Gasteiger partial charge < -0.3 is 10.1 Å². The second-order valence-corrected chi connectivity index (χ2v) is 6.85. The highest BCUT2D eigenvalue weighted by molar-refractivity contribution is 5.94. The molecule has 6 nitrogen and oxygen atoms in total. The Morgan fingerprint density at radius 2 is 2.04 bits per heavy atom. The average molecular weight is 367 g/mol. The Balaban J connectivity index is 1.39. The van der Waals surface area contributed by atoms with Gasteiger partial charge in [-0.3, -0.25) is 19.5 Å². The number of rotatable bonds is 7. The third-order valence-electron chi connectivity index (χ3n) is 4.69. The third kappa shape index (κ3) is 5.89. The minimum atomic E-state index is -0.131. The molecule has 1 aliphatic heterocycles. The largest absolute Gasteiger partial charge is 0.484 e. The van der Waals surface area contributed by atoms with Crippen LogP contribution in [0.15, 0.2) is 48.8 Å². The second kappa shape index (κ2) is 9.28. The number of hydrogen-bond donors (Lipinski definition) is 1. The van der Waals surface area contributed by atoms with Crippen LogP contribution in [0.25, 0.3) is 0 Å². The Bertz CT molecular complexity index is 771. The van der Waals surface area contributed by atoms with Crippen LogP contribution in [-0.2, 0) is 11.3 Å². The van der Waals surface area contributed by atoms with Crippen molar-refractivity contribution in [3.8, 4) is 5.75 Å². The number of hydrogen-bond acceptors (Lipinski definition) is 5. The Morgan fingerprint density at radius 1 is 1.22 bits per heavy atom. The van der Waals surface area contributed by atoms with E-state index in [9.17, 15) is 9.59 Å². The first kappa shape index (κ1) is 19.0. The molecule has 142 valence electrons. The molecule has 1 aliphatic rings. The number of nitrogens with zero attached hydrogens (tertiary/aromatic N) is 2. The zero-order valence-corrected chi connectivity index (χ0v) is 15.6. The van der Waals surface area contributed by atoms with Gasteiger partial charge in [-0.15, -0.1) is 0 Å². The van der Waals surface area contributed by atoms with E-state index >= 15 is 0 Å². The van der Waals surface area contributed by atoms with Gasteiger partial charge in [-0.05, 0) is 43.5 Å². The zero-order chi connectivity index (χ0) is 19.1. The highest BCUT2D eigenvalue weighted by atomic mass is 16.5. The number of likely N-dealkylation sites (tertiary alicyclic amines) is 1. The molecular weight excluding hydrogens is 342 g/mol. The Kier molecular flexibility index (Phi) is 6.54. The molecule has 1 saturated heterocycles. The maximum absolute atomic E-state index is 12.2. The fourth-order valence-corrected chi connectivity index (χ4v) is 3.21. The summed E-state index contributed by atoms with van der Waals surface area (Å²) in [6, 6.07) is 11.1. The molecule has 6 heteroatoms. The first-order valence-corrected chi connectivity index (χ1v) is 9.24. The van der Waals surface area contributed by atoms with Crippen LogP contribution in [0, 0.1) is 0 Å². The molecule has 1 amide bonds. The summed E-state index contributed by atoms with van der Waals surface area (Å²) in [6.07, 6.45) is 5.52. The molecule has 0 saturated carbocycles. The van der Waals surface area contributed by atoms with E-state index in [2.05, 4.69) is 21.3 Å². The van der Waals surface area contributed by atoms with Crippen molar-refractivity contribution in [1.82, 2.24) is 15.2 Å². The minimum Gasteiger partial charge on any atom is -0.484 e. The fraction of sp³-hybridized carbons (Fsp3) is 0.381. The standard InChI is InChI=1S/C21H25N3O3/c1-16(25)18-5-2-6-20(12-18)27-15-21(26)23-19-7-10-24(11-8-19)14-17-4-3-9-22-13-17/h2-6,9,12-13,19H,7-8,10-11,14-15H2,1H3,(H,23,26). The summed E-state index contributed by atoms with van der Waals surface area (Å²) in [5.74, 6) is 0.376. The van der Waals surface area contributed by atoms with Crippen molar-refractivity contribution in [1.29, 1.82) is 0 Å². The second-order valence-electron chi connectivity index (χ2n) is 6.85. The van der Waals surface area contributed by atoms with Crippen LogP contribution in [0.1, 0.15) is 35.7 Å². The maximum atomic E-state index is 12.2. The monoisotopic (exact) mass is 367 g/mol. The Hall–Kier alpha value is -2.73. The SMILES string of the molecule is CC(=O)c1cccc(OCC(=O)NC2CCN(Cc3cccnc3)CC2)c1. The van der Waals surface area contributed by atoms with Crippen LogP contribution in [0.4, 0.5) is 0 Å². The summed E-state index contributed by atoms with van der Waals surface area (Å²) in [6.45, 7) is 4.25. The number of carbonyl (C=O) groups excluding carboxylic acids is 2. The molecule has 0 radical (unpaired) electrons. The van der Waals surface area contributed by atoms with Crippen molar-refractivity contribution in [3.63, 3.8) is 0 Å². The molecule has 0 atom stereocenters. The molecule has 1 aromatic heterocycles. The van der Waals surface area contributed by atoms with Crippen LogP contribution in [0.5, 0.6) is 5.75 Å². The molecule has 1 fully saturated rings. The number of piperidine rings is 1. The average Bonchev–Trinajstić information content (AvgIpc) is 2.69. The van der Waals surface area contributed by atoms with E-state index in [1.807, 2.05) is 12.3 Å². The zero-order valence-electron chi connectivity index (χ0n) is 15.6. The topological polar surface area (TPSA) is 71.5 Å². The number of nitrogens with one attached hydrogen (secondary N) is 1. The van der Waals surface area contributed by atoms with E-state index in [1.165, 1.54) is 12.5 Å². The highest BCUT2D eigenvalue weighted by Crippen LogP contribution is 2.15. The maximum Gasteiger partial charge on any atom is 0.258 e. The quantitative estimate of drug-likeness (QED) is 0.761. The van der Waals surface area contributed by atoms with E-state index in [0.29, 0.717) is 11.3 Å². The number of carbonyl (C=O) groups is 2. The number of ketones is 1. The molecule has 1 aromatic carbocycles. The molecule has 0 spiro atoms. The van der Waals surface area contributed by atoms with Crippen molar-refractivity contribution in [3.05, 3.63) is 59.9 Å². The summed E-state index contributed by atoms with van der Waals surface area (Å²) >= 11 is 0. The van der Waals surface area contributed by atoms with Gasteiger partial charge in [0, 0.05) is 43.6 Å². The summed E-state index contributed by atoms with van der Waals surface area (Å²) in [5, 5.41) is 3.04. The number of ether oxygens (including phenoxy) is 1. The lowest BCUT2D eigenvalue weighted by Gasteiger charge is -2.32. The van der Waals surface area contributed by atoms with E-state index in [1.54, 1.807) is 30.5 Å². The number of Topliss-reactive ketones (excluding diaryl/α,β-unsaturated/α-hetero) is 1. The molecule has 2 aromatic rings. The van der Waals surface area contributed by atoms with Crippen molar-refractivity contribution >= 4 is 11.7 Å². The van der Waals surface area contributed by atoms with Gasteiger partial charge in [0.05, 0.1) is 0 Å². The van der Waals surface area contributed by atoms with Gasteiger partial charge in [0.15, 0.2) is 12.4 Å². The molecule has 3 rings (SSSR count). The normalized spacial score (nSPS) is 15.3. The molecule has 27 heavy (non-hydrogen) atoms. The van der Waals surface area contributed by atoms with Crippen LogP contribution in [-0.4, -0.2) is 47.3 Å². The third-order valence-corrected chi connectivity index (χ3v) is 4.69. The summed E-state index contributed by atoms with van der Waals surface area (Å²) in [5.41, 5.74) is 1.79. The molecule has 0 aliphatic carbocycles. The van der Waals surface area contributed by atoms with Gasteiger partial charge in [-0.2, -0.15) is 0 Å². The smallest absolute Gasteiger partial charge is 0.258 e. The number of pyridine rings is 1.